The molecule has 0 spiro atoms. The van der Waals surface area contributed by atoms with Gasteiger partial charge in [-0.05, 0) is 57.4 Å². The smallest absolute Gasteiger partial charge is 0.200 e. The number of benzene rings is 2. The molecule has 0 saturated heterocycles. The first-order chi connectivity index (χ1) is 19.8. The van der Waals surface area contributed by atoms with Crippen LogP contribution in [0, 0.1) is 19.8 Å². The lowest BCUT2D eigenvalue weighted by Crippen LogP contribution is -2.58. The molecule has 0 saturated carbocycles. The van der Waals surface area contributed by atoms with Crippen molar-refractivity contribution in [2.75, 3.05) is 14.2 Å². The number of fused-ring (bicyclic) bond motifs is 4. The van der Waals surface area contributed by atoms with Crippen molar-refractivity contribution < 1.29 is 48.7 Å². The van der Waals surface area contributed by atoms with Crippen molar-refractivity contribution in [2.45, 2.75) is 63.9 Å². The van der Waals surface area contributed by atoms with Gasteiger partial charge in [-0.2, -0.15) is 0 Å². The van der Waals surface area contributed by atoms with Gasteiger partial charge in [-0.1, -0.05) is 6.08 Å². The van der Waals surface area contributed by atoms with Crippen LogP contribution in [-0.4, -0.2) is 70.3 Å². The summed E-state index contributed by atoms with van der Waals surface area (Å²) in [6, 6.07) is 2.86. The van der Waals surface area contributed by atoms with E-state index in [1.807, 2.05) is 0 Å². The van der Waals surface area contributed by atoms with Crippen molar-refractivity contribution >= 4 is 17.3 Å². The van der Waals surface area contributed by atoms with Crippen molar-refractivity contribution in [3.8, 4) is 34.1 Å². The molecule has 5 atom stereocenters. The number of hydrogen-bond acceptors (Lipinski definition) is 10. The molecule has 42 heavy (non-hydrogen) atoms. The van der Waals surface area contributed by atoms with E-state index in [1.165, 1.54) is 32.4 Å². The van der Waals surface area contributed by atoms with Gasteiger partial charge in [0, 0.05) is 36.3 Å². The second-order valence-electron chi connectivity index (χ2n) is 11.7. The Bertz CT molecular complexity index is 1670. The number of carbonyl (C=O) groups excluding carboxylic acids is 3. The molecular formula is C32H32O10. The van der Waals surface area contributed by atoms with Crippen molar-refractivity contribution in [3.05, 3.63) is 57.9 Å². The standard InChI is InChI=1S/C32H32O10/c1-13-9-19(35)25-27(37)16-11-17(33)21(40-6)12-31(16,3)41-28(25)22(13)23-14(2)10-18(34)24-26(36)15-7-8-20(39-5)30(38)32(15,4)42-29(23)24/h7,9-10,12,16,20,30,34-35,38H,8,11H2,1-6H3/t16-,20-,30+,31-,32+/m0/s1. The first-order valence-corrected chi connectivity index (χ1v) is 13.7. The van der Waals surface area contributed by atoms with Crippen LogP contribution in [0.1, 0.15) is 58.5 Å². The quantitative estimate of drug-likeness (QED) is 0.492. The van der Waals surface area contributed by atoms with Gasteiger partial charge in [0.25, 0.3) is 0 Å². The number of Topliss-reactive ketones (excluding diaryl/α,β-unsaturated/α-hetero) is 3. The molecule has 2 aliphatic carbocycles. The Morgan fingerprint density at radius 2 is 1.50 bits per heavy atom. The van der Waals surface area contributed by atoms with Crippen LogP contribution in [0.15, 0.2) is 35.6 Å². The fourth-order valence-corrected chi connectivity index (χ4v) is 6.86. The number of rotatable bonds is 3. The second-order valence-corrected chi connectivity index (χ2v) is 11.7. The molecule has 2 aliphatic heterocycles. The number of hydrogen-bond donors (Lipinski definition) is 3. The second kappa shape index (κ2) is 9.17. The monoisotopic (exact) mass is 576 g/mol. The topological polar surface area (TPSA) is 149 Å². The molecule has 10 nitrogen and oxygen atoms in total. The largest absolute Gasteiger partial charge is 0.507 e. The number of ether oxygens (including phenoxy) is 4. The van der Waals surface area contributed by atoms with E-state index >= 15 is 0 Å². The molecule has 6 rings (SSSR count). The lowest BCUT2D eigenvalue weighted by molar-refractivity contribution is -0.122. The highest BCUT2D eigenvalue weighted by Crippen LogP contribution is 2.56. The molecule has 0 bridgehead atoms. The third-order valence-corrected chi connectivity index (χ3v) is 9.14. The summed E-state index contributed by atoms with van der Waals surface area (Å²) < 4.78 is 23.8. The SMILES string of the molecule is COC1=C[C@]2(C)Oc3c(c(O)cc(C)c3-c3c(C)cc(O)c4c3O[C@]3(C)C(=CC[C@H](OC)[C@H]3O)C4=O)C(=O)[C@@H]2CC1=O. The maximum Gasteiger partial charge on any atom is 0.200 e. The molecular weight excluding hydrogens is 544 g/mol. The zero-order valence-electron chi connectivity index (χ0n) is 24.2. The minimum absolute atomic E-state index is 0.0132. The average Bonchev–Trinajstić information content (AvgIpc) is 2.91. The van der Waals surface area contributed by atoms with Crippen LogP contribution in [0.25, 0.3) is 11.1 Å². The van der Waals surface area contributed by atoms with Crippen molar-refractivity contribution in [3.63, 3.8) is 0 Å². The first-order valence-electron chi connectivity index (χ1n) is 13.7. The number of allylic oxidation sites excluding steroid dienone is 1. The average molecular weight is 577 g/mol. The lowest BCUT2D eigenvalue weighted by atomic mass is 9.72. The van der Waals surface area contributed by atoms with Gasteiger partial charge in [0.15, 0.2) is 28.7 Å². The van der Waals surface area contributed by atoms with Gasteiger partial charge in [0.2, 0.25) is 0 Å². The van der Waals surface area contributed by atoms with Crippen LogP contribution < -0.4 is 9.47 Å². The molecule has 0 amide bonds. The molecule has 2 aromatic carbocycles. The van der Waals surface area contributed by atoms with Crippen LogP contribution in [0.5, 0.6) is 23.0 Å². The van der Waals surface area contributed by atoms with Crippen LogP contribution in [0.4, 0.5) is 0 Å². The molecule has 3 N–H and O–H groups in total. The summed E-state index contributed by atoms with van der Waals surface area (Å²) >= 11 is 0. The van der Waals surface area contributed by atoms with Gasteiger partial charge in [0.05, 0.1) is 19.1 Å². The fraction of sp³-hybridized carbons (Fsp3) is 0.406. The van der Waals surface area contributed by atoms with Gasteiger partial charge in [0.1, 0.15) is 45.8 Å². The molecule has 2 aromatic rings. The zero-order valence-corrected chi connectivity index (χ0v) is 24.2. The number of carbonyl (C=O) groups is 3. The van der Waals surface area contributed by atoms with Gasteiger partial charge >= 0.3 is 0 Å². The van der Waals surface area contributed by atoms with E-state index in [9.17, 15) is 29.7 Å². The van der Waals surface area contributed by atoms with Crippen molar-refractivity contribution in [1.29, 1.82) is 0 Å². The van der Waals surface area contributed by atoms with E-state index < -0.39 is 40.9 Å². The Hall–Kier alpha value is -4.15. The van der Waals surface area contributed by atoms with Crippen LogP contribution in [0.3, 0.4) is 0 Å². The highest BCUT2D eigenvalue weighted by Gasteiger charge is 2.55. The number of ketones is 3. The Balaban J connectivity index is 1.63. The minimum Gasteiger partial charge on any atom is -0.507 e. The predicted molar refractivity (Wildman–Crippen MR) is 149 cm³/mol. The molecule has 220 valence electrons. The Morgan fingerprint density at radius 1 is 0.905 bits per heavy atom. The van der Waals surface area contributed by atoms with E-state index in [2.05, 4.69) is 0 Å². The summed E-state index contributed by atoms with van der Waals surface area (Å²) in [5.74, 6) is -2.69. The number of aliphatic hydroxyl groups excluding tert-OH is 1. The predicted octanol–water partition coefficient (Wildman–Crippen LogP) is 3.87. The molecule has 10 heteroatoms. The molecule has 0 unspecified atom stereocenters. The number of phenolic OH excluding ortho intramolecular Hbond substituents is 2. The third kappa shape index (κ3) is 3.61. The molecule has 4 aliphatic rings. The molecule has 2 heterocycles. The summed E-state index contributed by atoms with van der Waals surface area (Å²) in [7, 11) is 2.83. The highest BCUT2D eigenvalue weighted by atomic mass is 16.5. The van der Waals surface area contributed by atoms with E-state index in [-0.39, 0.29) is 64.1 Å². The number of aryl methyl sites for hydroxylation is 2. The van der Waals surface area contributed by atoms with E-state index in [1.54, 1.807) is 33.8 Å². The van der Waals surface area contributed by atoms with E-state index in [0.717, 1.165) is 0 Å². The zero-order chi connectivity index (χ0) is 30.5. The van der Waals surface area contributed by atoms with Crippen LogP contribution >= 0.6 is 0 Å². The highest BCUT2D eigenvalue weighted by molar-refractivity contribution is 6.17. The van der Waals surface area contributed by atoms with E-state index in [4.69, 9.17) is 18.9 Å². The normalized spacial score (nSPS) is 29.7. The third-order valence-electron chi connectivity index (χ3n) is 9.14. The first kappa shape index (κ1) is 28.0. The van der Waals surface area contributed by atoms with Crippen molar-refractivity contribution in [2.24, 2.45) is 5.92 Å². The summed E-state index contributed by atoms with van der Waals surface area (Å²) in [4.78, 5) is 40.4. The Kier molecular flexibility index (Phi) is 6.11. The molecule has 0 fully saturated rings. The van der Waals surface area contributed by atoms with Crippen LogP contribution in [0.2, 0.25) is 0 Å². The number of aliphatic hydroxyl groups is 1. The molecule has 0 aromatic heterocycles. The minimum atomic E-state index is -1.50. The summed E-state index contributed by atoms with van der Waals surface area (Å²) in [6.45, 7) is 6.70. The summed E-state index contributed by atoms with van der Waals surface area (Å²) in [5.41, 5.74) is -1.04. The Morgan fingerprint density at radius 3 is 2.10 bits per heavy atom. The number of methoxy groups -OCH3 is 2. The fourth-order valence-electron chi connectivity index (χ4n) is 6.86. The van der Waals surface area contributed by atoms with Crippen LogP contribution in [-0.2, 0) is 14.3 Å². The Labute approximate surface area is 242 Å². The number of phenols is 2. The number of aromatic hydroxyl groups is 2. The molecule has 0 radical (unpaired) electrons. The van der Waals surface area contributed by atoms with E-state index in [0.29, 0.717) is 22.3 Å². The van der Waals surface area contributed by atoms with Gasteiger partial charge in [-0.15, -0.1) is 0 Å². The van der Waals surface area contributed by atoms with Gasteiger partial charge < -0.3 is 34.3 Å². The summed E-state index contributed by atoms with van der Waals surface area (Å²) in [5, 5.41) is 33.2. The maximum atomic E-state index is 13.9. The lowest BCUT2D eigenvalue weighted by Gasteiger charge is -2.46. The van der Waals surface area contributed by atoms with Crippen molar-refractivity contribution in [1.82, 2.24) is 0 Å². The van der Waals surface area contributed by atoms with Gasteiger partial charge in [-0.25, -0.2) is 0 Å². The summed E-state index contributed by atoms with van der Waals surface area (Å²) in [6.07, 6.45) is 1.42. The maximum absolute atomic E-state index is 13.9. The van der Waals surface area contributed by atoms with Gasteiger partial charge in [-0.3, -0.25) is 14.4 Å².